The predicted octanol–water partition coefficient (Wildman–Crippen LogP) is 7.24. The molecule has 5 rings (SSSR count). The molecule has 2 N–H and O–H groups in total. The predicted molar refractivity (Wildman–Crippen MR) is 189 cm³/mol. The molecule has 2 amide bonds. The number of sulfonamides is 1. The number of nitrogens with zero attached hydrogens (tertiary/aromatic N) is 1. The lowest BCUT2D eigenvalue weighted by atomic mass is 9.97. The number of carbonyl (C=O) groups is 2. The second-order valence-electron chi connectivity index (χ2n) is 12.2. The topological polar surface area (TPSA) is 127 Å². The number of carbonyl (C=O) groups excluding carboxylic acids is 2. The fourth-order valence-corrected chi connectivity index (χ4v) is 6.43. The van der Waals surface area contributed by atoms with Gasteiger partial charge in [0.15, 0.2) is 11.5 Å². The zero-order valence-electron chi connectivity index (χ0n) is 28.0. The lowest BCUT2D eigenvalue weighted by Gasteiger charge is -2.24. The molecule has 0 spiro atoms. The summed E-state index contributed by atoms with van der Waals surface area (Å²) in [6, 6.07) is 24.7. The summed E-state index contributed by atoms with van der Waals surface area (Å²) in [4.78, 5) is 26.5. The maximum absolute atomic E-state index is 13.5. The average Bonchev–Trinajstić information content (AvgIpc) is 3.42. The van der Waals surface area contributed by atoms with Crippen LogP contribution in [0.1, 0.15) is 48.4 Å². The van der Waals surface area contributed by atoms with Crippen LogP contribution in [0, 0.1) is 0 Å². The number of nitrogens with one attached hydrogen (secondary N) is 2. The van der Waals surface area contributed by atoms with E-state index in [1.54, 1.807) is 86.8 Å². The van der Waals surface area contributed by atoms with Crippen LogP contribution in [0.25, 0.3) is 33.4 Å². The molecule has 10 nitrogen and oxygen atoms in total. The summed E-state index contributed by atoms with van der Waals surface area (Å²) in [5, 5.41) is 6.15. The third-order valence-electron chi connectivity index (χ3n) is 7.55. The third-order valence-corrected chi connectivity index (χ3v) is 8.81. The fraction of sp³-hybridized carbons (Fsp3) is 0.243. The summed E-state index contributed by atoms with van der Waals surface area (Å²) in [6.07, 6.45) is 1.13. The Kier molecular flexibility index (Phi) is 9.54. The van der Waals surface area contributed by atoms with Gasteiger partial charge in [0.05, 0.1) is 24.6 Å². The van der Waals surface area contributed by atoms with Crippen molar-refractivity contribution in [3.63, 3.8) is 0 Å². The summed E-state index contributed by atoms with van der Waals surface area (Å²) < 4.78 is 45.1. The van der Waals surface area contributed by atoms with Crippen LogP contribution in [0.4, 0.5) is 5.69 Å². The Morgan fingerprint density at radius 2 is 1.56 bits per heavy atom. The van der Waals surface area contributed by atoms with Gasteiger partial charge in [-0.25, -0.2) is 8.42 Å². The third kappa shape index (κ3) is 7.16. The van der Waals surface area contributed by atoms with Crippen molar-refractivity contribution in [2.75, 3.05) is 31.3 Å². The quantitative estimate of drug-likeness (QED) is 0.161. The van der Waals surface area contributed by atoms with Gasteiger partial charge in [0.1, 0.15) is 17.1 Å². The monoisotopic (exact) mass is 669 g/mol. The molecule has 250 valence electrons. The highest BCUT2D eigenvalue weighted by Crippen LogP contribution is 2.42. The molecule has 5 aromatic rings. The number of ether oxygens (including phenoxy) is 2. The van der Waals surface area contributed by atoms with Crippen molar-refractivity contribution >= 4 is 38.5 Å². The van der Waals surface area contributed by atoms with Gasteiger partial charge < -0.3 is 24.5 Å². The Balaban J connectivity index is 1.68. The van der Waals surface area contributed by atoms with Crippen LogP contribution in [-0.4, -0.2) is 52.7 Å². The molecule has 4 aromatic carbocycles. The van der Waals surface area contributed by atoms with Gasteiger partial charge in [-0.1, -0.05) is 24.3 Å². The molecular formula is C37H39N3O7S. The number of methoxy groups -OCH3 is 1. The Bertz CT molecular complexity index is 2100. The molecule has 1 heterocycles. The van der Waals surface area contributed by atoms with Gasteiger partial charge in [0.2, 0.25) is 10.0 Å². The largest absolute Gasteiger partial charge is 0.493 e. The van der Waals surface area contributed by atoms with E-state index in [1.165, 1.54) is 11.4 Å². The summed E-state index contributed by atoms with van der Waals surface area (Å²) in [5.41, 5.74) is 2.62. The summed E-state index contributed by atoms with van der Waals surface area (Å²) in [5.74, 6) is 1.34. The SMILES string of the molecule is CCN(c1cc2oc(-c3ccc(Oc4ccccc4OC)cc3)c(C(=O)NC)c2cc1-c1cccc(C(=O)NC(C)(C)C)c1)S(C)(=O)=O. The molecule has 0 atom stereocenters. The number of amides is 2. The molecule has 0 fully saturated rings. The molecule has 0 unspecified atom stereocenters. The van der Waals surface area contributed by atoms with E-state index in [4.69, 9.17) is 13.9 Å². The first-order chi connectivity index (χ1) is 22.7. The van der Waals surface area contributed by atoms with E-state index in [-0.39, 0.29) is 23.9 Å². The second-order valence-corrected chi connectivity index (χ2v) is 14.1. The number of hydrogen-bond acceptors (Lipinski definition) is 7. The van der Waals surface area contributed by atoms with Crippen molar-refractivity contribution in [1.29, 1.82) is 0 Å². The number of anilines is 1. The van der Waals surface area contributed by atoms with Gasteiger partial charge in [0.25, 0.3) is 11.8 Å². The van der Waals surface area contributed by atoms with Gasteiger partial charge in [-0.15, -0.1) is 0 Å². The van der Waals surface area contributed by atoms with Crippen LogP contribution in [0.2, 0.25) is 0 Å². The summed E-state index contributed by atoms with van der Waals surface area (Å²) >= 11 is 0. The lowest BCUT2D eigenvalue weighted by Crippen LogP contribution is -2.40. The van der Waals surface area contributed by atoms with Gasteiger partial charge in [-0.2, -0.15) is 0 Å². The van der Waals surface area contributed by atoms with E-state index in [9.17, 15) is 18.0 Å². The van der Waals surface area contributed by atoms with Crippen LogP contribution in [0.5, 0.6) is 17.2 Å². The lowest BCUT2D eigenvalue weighted by molar-refractivity contribution is 0.0918. The van der Waals surface area contributed by atoms with Crippen molar-refractivity contribution < 1.29 is 31.9 Å². The standard InChI is InChI=1S/C37H39N3O7S/c1-8-40(48(7,43)44)29-22-32-28(21-27(29)24-12-11-13-25(20-24)35(41)39-37(2,3)4)33(36(42)38-5)34(47-32)23-16-18-26(19-17-23)46-31-15-10-9-14-30(31)45-6/h9-22H,8H2,1-7H3,(H,38,42)(H,39,41). The van der Waals surface area contributed by atoms with E-state index < -0.39 is 15.6 Å². The smallest absolute Gasteiger partial charge is 0.255 e. The first-order valence-electron chi connectivity index (χ1n) is 15.4. The van der Waals surface area contributed by atoms with Crippen LogP contribution in [-0.2, 0) is 10.0 Å². The second kappa shape index (κ2) is 13.4. The van der Waals surface area contributed by atoms with Crippen LogP contribution >= 0.6 is 0 Å². The Labute approximate surface area is 280 Å². The highest BCUT2D eigenvalue weighted by Gasteiger charge is 2.27. The van der Waals surface area contributed by atoms with Crippen LogP contribution < -0.4 is 24.4 Å². The van der Waals surface area contributed by atoms with Crippen molar-refractivity contribution in [2.45, 2.75) is 33.2 Å². The van der Waals surface area contributed by atoms with E-state index in [0.29, 0.717) is 61.9 Å². The van der Waals surface area contributed by atoms with Crippen molar-refractivity contribution in [2.24, 2.45) is 0 Å². The molecule has 0 aliphatic rings. The number of hydrogen-bond donors (Lipinski definition) is 2. The maximum atomic E-state index is 13.5. The van der Waals surface area contributed by atoms with E-state index in [2.05, 4.69) is 10.6 Å². The highest BCUT2D eigenvalue weighted by atomic mass is 32.2. The number of para-hydroxylation sites is 2. The van der Waals surface area contributed by atoms with Gasteiger partial charge in [0, 0.05) is 47.3 Å². The zero-order chi connectivity index (χ0) is 34.8. The normalized spacial score (nSPS) is 11.6. The Morgan fingerprint density at radius 1 is 0.875 bits per heavy atom. The van der Waals surface area contributed by atoms with Gasteiger partial charge in [-0.3, -0.25) is 13.9 Å². The minimum Gasteiger partial charge on any atom is -0.493 e. The summed E-state index contributed by atoms with van der Waals surface area (Å²) in [6.45, 7) is 7.56. The highest BCUT2D eigenvalue weighted by molar-refractivity contribution is 7.92. The minimum absolute atomic E-state index is 0.144. The van der Waals surface area contributed by atoms with E-state index in [1.807, 2.05) is 32.9 Å². The van der Waals surface area contributed by atoms with E-state index in [0.717, 1.165) is 6.26 Å². The first-order valence-corrected chi connectivity index (χ1v) is 17.2. The number of benzene rings is 4. The molecule has 0 saturated heterocycles. The Hall–Kier alpha value is -5.29. The zero-order valence-corrected chi connectivity index (χ0v) is 28.8. The molecule has 11 heteroatoms. The Morgan fingerprint density at radius 3 is 2.17 bits per heavy atom. The van der Waals surface area contributed by atoms with Crippen LogP contribution in [0.3, 0.4) is 0 Å². The van der Waals surface area contributed by atoms with E-state index >= 15 is 0 Å². The number of fused-ring (bicyclic) bond motifs is 1. The van der Waals surface area contributed by atoms with Crippen molar-refractivity contribution in [3.05, 3.63) is 96.1 Å². The molecule has 0 bridgehead atoms. The average molecular weight is 670 g/mol. The number of furan rings is 1. The molecular weight excluding hydrogens is 630 g/mol. The fourth-order valence-electron chi connectivity index (χ4n) is 5.45. The first kappa shape index (κ1) is 34.1. The molecule has 0 aliphatic heterocycles. The molecule has 0 aliphatic carbocycles. The molecule has 0 saturated carbocycles. The van der Waals surface area contributed by atoms with Gasteiger partial charge in [-0.05, 0) is 87.9 Å². The molecule has 1 aromatic heterocycles. The van der Waals surface area contributed by atoms with Crippen molar-refractivity contribution in [3.8, 4) is 39.7 Å². The minimum atomic E-state index is -3.72. The van der Waals surface area contributed by atoms with Gasteiger partial charge >= 0.3 is 0 Å². The molecule has 0 radical (unpaired) electrons. The molecule has 48 heavy (non-hydrogen) atoms. The summed E-state index contributed by atoms with van der Waals surface area (Å²) in [7, 11) is -0.618. The van der Waals surface area contributed by atoms with Crippen LogP contribution in [0.15, 0.2) is 89.3 Å². The maximum Gasteiger partial charge on any atom is 0.255 e. The van der Waals surface area contributed by atoms with Crippen molar-refractivity contribution in [1.82, 2.24) is 10.6 Å². The number of rotatable bonds is 10.